The van der Waals surface area contributed by atoms with Crippen LogP contribution in [-0.4, -0.2) is 13.1 Å². The second kappa shape index (κ2) is 6.86. The van der Waals surface area contributed by atoms with Gasteiger partial charge in [-0.05, 0) is 52.7 Å². The van der Waals surface area contributed by atoms with Crippen LogP contribution in [0.15, 0.2) is 53.0 Å². The van der Waals surface area contributed by atoms with E-state index in [1.165, 1.54) is 0 Å². The van der Waals surface area contributed by atoms with Gasteiger partial charge in [0.1, 0.15) is 5.82 Å². The number of benzene rings is 2. The molecule has 2 nitrogen and oxygen atoms in total. The lowest BCUT2D eigenvalue weighted by atomic mass is 10.0. The first kappa shape index (κ1) is 15.0. The number of nitrogens with two attached hydrogens (primary N) is 1. The third-order valence-electron chi connectivity index (χ3n) is 3.36. The summed E-state index contributed by atoms with van der Waals surface area (Å²) in [6.45, 7) is 3.32. The number of nitrogens with zero attached hydrogens (tertiary/aromatic N) is 1. The van der Waals surface area contributed by atoms with E-state index in [1.54, 1.807) is 12.1 Å². The smallest absolute Gasteiger partial charge is 0.137 e. The Morgan fingerprint density at radius 3 is 2.45 bits per heavy atom. The lowest BCUT2D eigenvalue weighted by Crippen LogP contribution is -2.33. The van der Waals surface area contributed by atoms with Gasteiger partial charge < -0.3 is 10.6 Å². The number of para-hydroxylation sites is 1. The Kier molecular flexibility index (Phi) is 5.15. The van der Waals surface area contributed by atoms with Crippen molar-refractivity contribution in [2.45, 2.75) is 13.0 Å². The molecule has 0 aliphatic rings. The fourth-order valence-electron chi connectivity index (χ4n) is 2.37. The Hall–Kier alpha value is -1.39. The predicted octanol–water partition coefficient (Wildman–Crippen LogP) is 4.11. The van der Waals surface area contributed by atoms with Gasteiger partial charge in [0.2, 0.25) is 0 Å². The molecule has 1 unspecified atom stereocenters. The van der Waals surface area contributed by atoms with Gasteiger partial charge in [0.15, 0.2) is 0 Å². The highest BCUT2D eigenvalue weighted by molar-refractivity contribution is 9.10. The van der Waals surface area contributed by atoms with Crippen molar-refractivity contribution in [2.75, 3.05) is 18.0 Å². The van der Waals surface area contributed by atoms with Crippen molar-refractivity contribution < 1.29 is 4.39 Å². The molecule has 0 heterocycles. The van der Waals surface area contributed by atoms with Crippen LogP contribution in [0, 0.1) is 5.82 Å². The Balaban J connectivity index is 2.36. The standard InChI is InChI=1S/C16H18BrFN2/c1-2-20(13-6-4-3-5-7-13)16(11-19)12-8-9-14(17)15(18)10-12/h3-10,16H,2,11,19H2,1H3. The molecular weight excluding hydrogens is 319 g/mol. The Morgan fingerprint density at radius 1 is 1.20 bits per heavy atom. The van der Waals surface area contributed by atoms with E-state index in [0.717, 1.165) is 17.8 Å². The molecule has 2 N–H and O–H groups in total. The van der Waals surface area contributed by atoms with E-state index < -0.39 is 0 Å². The highest BCUT2D eigenvalue weighted by atomic mass is 79.9. The maximum Gasteiger partial charge on any atom is 0.137 e. The van der Waals surface area contributed by atoms with Crippen LogP contribution in [0.1, 0.15) is 18.5 Å². The van der Waals surface area contributed by atoms with Gasteiger partial charge in [-0.25, -0.2) is 4.39 Å². The predicted molar refractivity (Wildman–Crippen MR) is 85.4 cm³/mol. The highest BCUT2D eigenvalue weighted by Gasteiger charge is 2.19. The topological polar surface area (TPSA) is 29.3 Å². The minimum atomic E-state index is -0.259. The molecule has 0 fully saturated rings. The Bertz CT molecular complexity index is 560. The molecule has 0 saturated heterocycles. The molecule has 0 bridgehead atoms. The molecule has 0 saturated carbocycles. The molecule has 2 rings (SSSR count). The van der Waals surface area contributed by atoms with Crippen molar-refractivity contribution in [1.82, 2.24) is 0 Å². The van der Waals surface area contributed by atoms with E-state index in [0.29, 0.717) is 11.0 Å². The zero-order chi connectivity index (χ0) is 14.5. The first-order valence-corrected chi connectivity index (χ1v) is 7.43. The van der Waals surface area contributed by atoms with Gasteiger partial charge in [-0.2, -0.15) is 0 Å². The summed E-state index contributed by atoms with van der Waals surface area (Å²) in [5, 5.41) is 0. The van der Waals surface area contributed by atoms with E-state index in [4.69, 9.17) is 5.73 Å². The van der Waals surface area contributed by atoms with E-state index in [2.05, 4.69) is 27.8 Å². The van der Waals surface area contributed by atoms with Gasteiger partial charge in [0, 0.05) is 18.8 Å². The zero-order valence-electron chi connectivity index (χ0n) is 11.4. The van der Waals surface area contributed by atoms with E-state index in [-0.39, 0.29) is 11.9 Å². The molecule has 20 heavy (non-hydrogen) atoms. The Labute approximate surface area is 127 Å². The normalized spacial score (nSPS) is 12.2. The first-order valence-electron chi connectivity index (χ1n) is 6.64. The fraction of sp³-hybridized carbons (Fsp3) is 0.250. The van der Waals surface area contributed by atoms with Crippen LogP contribution in [-0.2, 0) is 0 Å². The van der Waals surface area contributed by atoms with Crippen LogP contribution in [0.4, 0.5) is 10.1 Å². The number of rotatable bonds is 5. The van der Waals surface area contributed by atoms with Gasteiger partial charge in [-0.15, -0.1) is 0 Å². The third kappa shape index (κ3) is 3.19. The molecule has 0 aromatic heterocycles. The number of hydrogen-bond donors (Lipinski definition) is 1. The molecular formula is C16H18BrFN2. The molecule has 2 aromatic carbocycles. The SMILES string of the molecule is CCN(c1ccccc1)C(CN)c1ccc(Br)c(F)c1. The van der Waals surface area contributed by atoms with Crippen molar-refractivity contribution >= 4 is 21.6 Å². The van der Waals surface area contributed by atoms with Crippen molar-refractivity contribution in [1.29, 1.82) is 0 Å². The van der Waals surface area contributed by atoms with Crippen LogP contribution in [0.25, 0.3) is 0 Å². The zero-order valence-corrected chi connectivity index (χ0v) is 13.0. The molecule has 2 aromatic rings. The van der Waals surface area contributed by atoms with Crippen molar-refractivity contribution in [2.24, 2.45) is 5.73 Å². The average Bonchev–Trinajstić information content (AvgIpc) is 2.48. The van der Waals surface area contributed by atoms with E-state index >= 15 is 0 Å². The molecule has 4 heteroatoms. The third-order valence-corrected chi connectivity index (χ3v) is 4.00. The number of halogens is 2. The van der Waals surface area contributed by atoms with Crippen LogP contribution >= 0.6 is 15.9 Å². The summed E-state index contributed by atoms with van der Waals surface area (Å²) < 4.78 is 14.2. The lowest BCUT2D eigenvalue weighted by molar-refractivity contribution is 0.602. The monoisotopic (exact) mass is 336 g/mol. The van der Waals surface area contributed by atoms with E-state index in [1.807, 2.05) is 36.4 Å². The van der Waals surface area contributed by atoms with Gasteiger partial charge >= 0.3 is 0 Å². The summed E-state index contributed by atoms with van der Waals surface area (Å²) in [6, 6.07) is 15.2. The van der Waals surface area contributed by atoms with Crippen LogP contribution in [0.3, 0.4) is 0 Å². The van der Waals surface area contributed by atoms with Gasteiger partial charge in [0.05, 0.1) is 10.5 Å². The maximum absolute atomic E-state index is 13.7. The van der Waals surface area contributed by atoms with Crippen molar-refractivity contribution in [3.63, 3.8) is 0 Å². The van der Waals surface area contributed by atoms with Crippen LogP contribution < -0.4 is 10.6 Å². The van der Waals surface area contributed by atoms with Gasteiger partial charge in [-0.3, -0.25) is 0 Å². The van der Waals surface area contributed by atoms with Gasteiger partial charge in [0.25, 0.3) is 0 Å². The van der Waals surface area contributed by atoms with E-state index in [9.17, 15) is 4.39 Å². The van der Waals surface area contributed by atoms with Crippen LogP contribution in [0.2, 0.25) is 0 Å². The molecule has 106 valence electrons. The number of hydrogen-bond acceptors (Lipinski definition) is 2. The largest absolute Gasteiger partial charge is 0.363 e. The summed E-state index contributed by atoms with van der Waals surface area (Å²) in [6.07, 6.45) is 0. The Morgan fingerprint density at radius 2 is 1.90 bits per heavy atom. The average molecular weight is 337 g/mol. The molecule has 0 aliphatic carbocycles. The van der Waals surface area contributed by atoms with Gasteiger partial charge in [-0.1, -0.05) is 24.3 Å². The molecule has 0 aliphatic heterocycles. The van der Waals surface area contributed by atoms with Crippen LogP contribution in [0.5, 0.6) is 0 Å². The quantitative estimate of drug-likeness (QED) is 0.889. The lowest BCUT2D eigenvalue weighted by Gasteiger charge is -2.32. The molecule has 1 atom stereocenters. The molecule has 0 amide bonds. The number of likely N-dealkylation sites (N-methyl/N-ethyl adjacent to an activating group) is 1. The summed E-state index contributed by atoms with van der Waals surface area (Å²) in [4.78, 5) is 2.18. The maximum atomic E-state index is 13.7. The summed E-state index contributed by atoms with van der Waals surface area (Å²) in [7, 11) is 0. The first-order chi connectivity index (χ1) is 9.67. The van der Waals surface area contributed by atoms with Crippen molar-refractivity contribution in [3.8, 4) is 0 Å². The highest BCUT2D eigenvalue weighted by Crippen LogP contribution is 2.28. The summed E-state index contributed by atoms with van der Waals surface area (Å²) in [5.41, 5.74) is 7.91. The summed E-state index contributed by atoms with van der Waals surface area (Å²) in [5.74, 6) is -0.259. The molecule has 0 radical (unpaired) electrons. The molecule has 0 spiro atoms. The number of anilines is 1. The van der Waals surface area contributed by atoms with Crippen molar-refractivity contribution in [3.05, 3.63) is 64.4 Å². The summed E-state index contributed by atoms with van der Waals surface area (Å²) >= 11 is 3.18. The minimum Gasteiger partial charge on any atom is -0.363 e. The second-order valence-electron chi connectivity index (χ2n) is 4.55. The second-order valence-corrected chi connectivity index (χ2v) is 5.40. The minimum absolute atomic E-state index is 0.0370. The fourth-order valence-corrected chi connectivity index (χ4v) is 2.61.